The van der Waals surface area contributed by atoms with E-state index >= 15 is 0 Å². The van der Waals surface area contributed by atoms with Crippen molar-refractivity contribution in [3.63, 3.8) is 0 Å². The van der Waals surface area contributed by atoms with E-state index in [9.17, 15) is 9.18 Å². The van der Waals surface area contributed by atoms with E-state index < -0.39 is 11.8 Å². The maximum absolute atomic E-state index is 13.6. The van der Waals surface area contributed by atoms with Crippen molar-refractivity contribution in [2.75, 3.05) is 0 Å². The Morgan fingerprint density at radius 2 is 2.26 bits per heavy atom. The van der Waals surface area contributed by atoms with E-state index in [0.717, 1.165) is 0 Å². The van der Waals surface area contributed by atoms with Gasteiger partial charge in [-0.3, -0.25) is 0 Å². The first kappa shape index (κ1) is 13.4. The molecule has 1 aromatic carbocycles. The average Bonchev–Trinajstić information content (AvgIpc) is 2.76. The first-order chi connectivity index (χ1) is 9.02. The number of rotatable bonds is 4. The van der Waals surface area contributed by atoms with Crippen LogP contribution in [0.2, 0.25) is 5.02 Å². The fraction of sp³-hybridized carbons (Fsp3) is 0.182. The first-order valence-corrected chi connectivity index (χ1v) is 5.70. The Hall–Kier alpha value is -1.99. The molecule has 3 N–H and O–H groups in total. The molecule has 1 aromatic heterocycles. The van der Waals surface area contributed by atoms with Crippen LogP contribution in [0.3, 0.4) is 0 Å². The topological polar surface area (TPSA) is 94.0 Å². The van der Waals surface area contributed by atoms with Crippen LogP contribution in [0, 0.1) is 5.82 Å². The van der Waals surface area contributed by atoms with Crippen molar-refractivity contribution in [1.82, 2.24) is 15.0 Å². The number of nitrogens with two attached hydrogens (primary N) is 1. The van der Waals surface area contributed by atoms with E-state index in [4.69, 9.17) is 22.4 Å². The largest absolute Gasteiger partial charge is 0.476 e. The monoisotopic (exact) mass is 284 g/mol. The van der Waals surface area contributed by atoms with Crippen molar-refractivity contribution in [3.05, 3.63) is 46.0 Å². The summed E-state index contributed by atoms with van der Waals surface area (Å²) in [4.78, 5) is 10.9. The van der Waals surface area contributed by atoms with Crippen LogP contribution in [0.15, 0.2) is 18.2 Å². The Labute approximate surface area is 112 Å². The summed E-state index contributed by atoms with van der Waals surface area (Å²) in [7, 11) is 0. The van der Waals surface area contributed by atoms with Crippen LogP contribution in [0.1, 0.15) is 21.7 Å². The molecule has 0 unspecified atom stereocenters. The quantitative estimate of drug-likeness (QED) is 0.882. The summed E-state index contributed by atoms with van der Waals surface area (Å²) in [5, 5.41) is 16.5. The van der Waals surface area contributed by atoms with Gasteiger partial charge < -0.3 is 10.8 Å². The molecule has 0 saturated heterocycles. The minimum absolute atomic E-state index is 0.0131. The Morgan fingerprint density at radius 1 is 1.53 bits per heavy atom. The van der Waals surface area contributed by atoms with Gasteiger partial charge in [0.15, 0.2) is 5.69 Å². The number of hydrogen-bond donors (Lipinski definition) is 2. The van der Waals surface area contributed by atoms with E-state index in [1.807, 2.05) is 0 Å². The van der Waals surface area contributed by atoms with Crippen LogP contribution in [0.4, 0.5) is 4.39 Å². The van der Waals surface area contributed by atoms with Gasteiger partial charge in [0.05, 0.1) is 12.2 Å². The van der Waals surface area contributed by atoms with Crippen molar-refractivity contribution < 1.29 is 14.3 Å². The SMILES string of the molecule is NCc1c(C(=O)O)nnn1Cc1cc(Cl)ccc1F. The average molecular weight is 285 g/mol. The molecular formula is C11H10ClFN4O2. The lowest BCUT2D eigenvalue weighted by molar-refractivity contribution is 0.0689. The number of carbonyl (C=O) groups is 1. The van der Waals surface area contributed by atoms with Crippen LogP contribution in [-0.4, -0.2) is 26.1 Å². The molecule has 2 aromatic rings. The molecule has 2 rings (SSSR count). The van der Waals surface area contributed by atoms with Crippen LogP contribution in [-0.2, 0) is 13.1 Å². The second-order valence-electron chi connectivity index (χ2n) is 3.79. The summed E-state index contributed by atoms with van der Waals surface area (Å²) >= 11 is 5.78. The van der Waals surface area contributed by atoms with E-state index in [1.165, 1.54) is 22.9 Å². The Balaban J connectivity index is 2.38. The van der Waals surface area contributed by atoms with Gasteiger partial charge in [0.1, 0.15) is 5.82 Å². The maximum Gasteiger partial charge on any atom is 0.358 e. The molecule has 0 saturated carbocycles. The van der Waals surface area contributed by atoms with Crippen molar-refractivity contribution in [1.29, 1.82) is 0 Å². The molecule has 0 radical (unpaired) electrons. The number of carboxylic acid groups (broad SMARTS) is 1. The number of aromatic nitrogens is 3. The predicted molar refractivity (Wildman–Crippen MR) is 65.4 cm³/mol. The third-order valence-electron chi connectivity index (χ3n) is 2.56. The van der Waals surface area contributed by atoms with Gasteiger partial charge in [-0.1, -0.05) is 16.8 Å². The van der Waals surface area contributed by atoms with Gasteiger partial charge in [-0.25, -0.2) is 13.9 Å². The summed E-state index contributed by atoms with van der Waals surface area (Å²) < 4.78 is 14.8. The summed E-state index contributed by atoms with van der Waals surface area (Å²) in [5.41, 5.74) is 5.75. The Morgan fingerprint density at radius 3 is 2.89 bits per heavy atom. The van der Waals surface area contributed by atoms with Crippen LogP contribution in [0.25, 0.3) is 0 Å². The molecule has 0 amide bonds. The number of halogens is 2. The van der Waals surface area contributed by atoms with Gasteiger partial charge in [-0.2, -0.15) is 0 Å². The second kappa shape index (κ2) is 5.33. The molecule has 6 nitrogen and oxygen atoms in total. The zero-order chi connectivity index (χ0) is 14.0. The molecule has 8 heteroatoms. The number of nitrogens with zero attached hydrogens (tertiary/aromatic N) is 3. The van der Waals surface area contributed by atoms with E-state index in [0.29, 0.717) is 5.02 Å². The van der Waals surface area contributed by atoms with Gasteiger partial charge in [0, 0.05) is 17.1 Å². The van der Waals surface area contributed by atoms with Crippen molar-refractivity contribution in [2.24, 2.45) is 5.73 Å². The highest BCUT2D eigenvalue weighted by molar-refractivity contribution is 6.30. The molecule has 0 atom stereocenters. The molecular weight excluding hydrogens is 275 g/mol. The lowest BCUT2D eigenvalue weighted by Crippen LogP contribution is -2.13. The predicted octanol–water partition coefficient (Wildman–Crippen LogP) is 1.28. The maximum atomic E-state index is 13.6. The lowest BCUT2D eigenvalue weighted by atomic mass is 10.2. The zero-order valence-electron chi connectivity index (χ0n) is 9.68. The number of aromatic carboxylic acids is 1. The highest BCUT2D eigenvalue weighted by atomic mass is 35.5. The van der Waals surface area contributed by atoms with Crippen molar-refractivity contribution in [3.8, 4) is 0 Å². The van der Waals surface area contributed by atoms with E-state index in [-0.39, 0.29) is 30.0 Å². The van der Waals surface area contributed by atoms with Crippen molar-refractivity contribution in [2.45, 2.75) is 13.1 Å². The molecule has 1 heterocycles. The summed E-state index contributed by atoms with van der Waals surface area (Å²) in [6, 6.07) is 4.10. The lowest BCUT2D eigenvalue weighted by Gasteiger charge is -2.06. The van der Waals surface area contributed by atoms with Gasteiger partial charge in [-0.05, 0) is 18.2 Å². The van der Waals surface area contributed by atoms with Gasteiger partial charge >= 0.3 is 5.97 Å². The molecule has 0 fully saturated rings. The number of benzene rings is 1. The normalized spacial score (nSPS) is 10.7. The van der Waals surface area contributed by atoms with E-state index in [2.05, 4.69) is 10.3 Å². The number of carboxylic acids is 1. The van der Waals surface area contributed by atoms with Gasteiger partial charge in [0.2, 0.25) is 0 Å². The van der Waals surface area contributed by atoms with Gasteiger partial charge in [0.25, 0.3) is 0 Å². The molecule has 0 aliphatic carbocycles. The third-order valence-corrected chi connectivity index (χ3v) is 2.80. The van der Waals surface area contributed by atoms with Crippen LogP contribution >= 0.6 is 11.6 Å². The number of hydrogen-bond acceptors (Lipinski definition) is 4. The fourth-order valence-electron chi connectivity index (χ4n) is 1.65. The second-order valence-corrected chi connectivity index (χ2v) is 4.22. The van der Waals surface area contributed by atoms with E-state index in [1.54, 1.807) is 0 Å². The van der Waals surface area contributed by atoms with Gasteiger partial charge in [-0.15, -0.1) is 5.10 Å². The summed E-state index contributed by atoms with van der Waals surface area (Å²) in [6.07, 6.45) is 0. The highest BCUT2D eigenvalue weighted by Crippen LogP contribution is 2.17. The smallest absolute Gasteiger partial charge is 0.358 e. The third kappa shape index (κ3) is 2.72. The molecule has 0 aliphatic heterocycles. The fourth-order valence-corrected chi connectivity index (χ4v) is 1.85. The molecule has 0 bridgehead atoms. The molecule has 100 valence electrons. The van der Waals surface area contributed by atoms with Crippen LogP contribution in [0.5, 0.6) is 0 Å². The standard InChI is InChI=1S/C11H10ClFN4O2/c12-7-1-2-8(13)6(3-7)5-17-9(4-14)10(11(18)19)15-16-17/h1-3H,4-5,14H2,(H,18,19). The first-order valence-electron chi connectivity index (χ1n) is 5.32. The van der Waals surface area contributed by atoms with Crippen LogP contribution < -0.4 is 5.73 Å². The van der Waals surface area contributed by atoms with Crippen molar-refractivity contribution >= 4 is 17.6 Å². The Kier molecular flexibility index (Phi) is 3.77. The highest BCUT2D eigenvalue weighted by Gasteiger charge is 2.18. The minimum atomic E-state index is -1.22. The molecule has 0 aliphatic rings. The summed E-state index contributed by atoms with van der Waals surface area (Å²) in [6.45, 7) is -0.0456. The molecule has 19 heavy (non-hydrogen) atoms. The minimum Gasteiger partial charge on any atom is -0.476 e. The molecule has 0 spiro atoms. The Bertz CT molecular complexity index is 629. The zero-order valence-corrected chi connectivity index (χ0v) is 10.4. The summed E-state index contributed by atoms with van der Waals surface area (Å²) in [5.74, 6) is -1.68.